The second-order valence-electron chi connectivity index (χ2n) is 6.06. The van der Waals surface area contributed by atoms with Crippen molar-refractivity contribution >= 4 is 16.1 Å². The second-order valence-corrected chi connectivity index (χ2v) is 7.72. The number of likely N-dealkylation sites (tertiary alicyclic amines) is 1. The summed E-state index contributed by atoms with van der Waals surface area (Å²) in [6, 6.07) is 5.41. The van der Waals surface area contributed by atoms with Crippen LogP contribution in [-0.2, 0) is 16.4 Å². The van der Waals surface area contributed by atoms with E-state index in [1.807, 2.05) is 18.2 Å². The van der Waals surface area contributed by atoms with Crippen LogP contribution in [0.15, 0.2) is 18.2 Å². The monoisotopic (exact) mass is 371 g/mol. The van der Waals surface area contributed by atoms with Gasteiger partial charge in [0.15, 0.2) is 11.5 Å². The van der Waals surface area contributed by atoms with E-state index < -0.39 is 10.0 Å². The summed E-state index contributed by atoms with van der Waals surface area (Å²) < 4.78 is 32.9. The van der Waals surface area contributed by atoms with Gasteiger partial charge >= 0.3 is 6.03 Å². The van der Waals surface area contributed by atoms with Crippen LogP contribution in [0.5, 0.6) is 11.5 Å². The summed E-state index contributed by atoms with van der Waals surface area (Å²) in [5.41, 5.74) is 0.940. The van der Waals surface area contributed by atoms with Crippen molar-refractivity contribution in [2.24, 2.45) is 11.1 Å². The van der Waals surface area contributed by atoms with E-state index in [2.05, 4.69) is 5.32 Å². The molecule has 0 saturated carbocycles. The van der Waals surface area contributed by atoms with Gasteiger partial charge in [0.1, 0.15) is 0 Å². The number of urea groups is 1. The van der Waals surface area contributed by atoms with Gasteiger partial charge < -0.3 is 19.7 Å². The van der Waals surface area contributed by atoms with Gasteiger partial charge in [-0.05, 0) is 30.4 Å². The van der Waals surface area contributed by atoms with Gasteiger partial charge in [-0.15, -0.1) is 0 Å². The van der Waals surface area contributed by atoms with Crippen LogP contribution >= 0.6 is 0 Å². The smallest absolute Gasteiger partial charge is 0.317 e. The molecule has 1 fully saturated rings. The van der Waals surface area contributed by atoms with Crippen LogP contribution in [0.3, 0.4) is 0 Å². The van der Waals surface area contributed by atoms with Crippen molar-refractivity contribution in [3.8, 4) is 11.5 Å². The Morgan fingerprint density at radius 1 is 1.36 bits per heavy atom. The lowest BCUT2D eigenvalue weighted by atomic mass is 10.1. The zero-order valence-electron chi connectivity index (χ0n) is 14.5. The molecule has 25 heavy (non-hydrogen) atoms. The zero-order chi connectivity index (χ0) is 18.4. The summed E-state index contributed by atoms with van der Waals surface area (Å²) in [6.07, 6.45) is 1.24. The third kappa shape index (κ3) is 5.50. The van der Waals surface area contributed by atoms with E-state index in [1.165, 1.54) is 0 Å². The van der Waals surface area contributed by atoms with Crippen LogP contribution in [0.1, 0.15) is 12.0 Å². The fourth-order valence-corrected chi connectivity index (χ4v) is 3.98. The summed E-state index contributed by atoms with van der Waals surface area (Å²) in [6.45, 7) is 1.39. The van der Waals surface area contributed by atoms with Crippen LogP contribution in [0.4, 0.5) is 4.79 Å². The molecule has 3 N–H and O–H groups in total. The maximum Gasteiger partial charge on any atom is 0.317 e. The molecule has 1 heterocycles. The van der Waals surface area contributed by atoms with Gasteiger partial charge in [0.2, 0.25) is 10.0 Å². The summed E-state index contributed by atoms with van der Waals surface area (Å²) >= 11 is 0. The first-order valence-corrected chi connectivity index (χ1v) is 9.78. The van der Waals surface area contributed by atoms with E-state index in [0.29, 0.717) is 44.0 Å². The highest BCUT2D eigenvalue weighted by molar-refractivity contribution is 7.89. The Kier molecular flexibility index (Phi) is 6.49. The third-order valence-corrected chi connectivity index (χ3v) is 5.13. The maximum absolute atomic E-state index is 12.2. The number of benzene rings is 1. The molecule has 2 amide bonds. The van der Waals surface area contributed by atoms with Crippen molar-refractivity contribution < 1.29 is 22.7 Å². The number of carbonyl (C=O) groups is 1. The number of hydrogen-bond acceptors (Lipinski definition) is 5. The molecule has 8 nitrogen and oxygen atoms in total. The van der Waals surface area contributed by atoms with Crippen molar-refractivity contribution in [1.29, 1.82) is 0 Å². The number of amides is 2. The van der Waals surface area contributed by atoms with Gasteiger partial charge in [0, 0.05) is 19.6 Å². The second kappa shape index (κ2) is 8.39. The number of nitrogens with zero attached hydrogens (tertiary/aromatic N) is 1. The van der Waals surface area contributed by atoms with Crippen molar-refractivity contribution in [2.45, 2.75) is 12.8 Å². The number of nitrogens with one attached hydrogen (secondary N) is 1. The number of ether oxygens (including phenoxy) is 2. The molecule has 1 aromatic rings. The SMILES string of the molecule is COc1cccc(CCNC(=O)N2CC[C@H](CS(N)(=O)=O)C2)c1OC. The van der Waals surface area contributed by atoms with E-state index in [1.54, 1.807) is 19.1 Å². The number of methoxy groups -OCH3 is 2. The molecule has 1 aliphatic heterocycles. The first-order chi connectivity index (χ1) is 11.8. The van der Waals surface area contributed by atoms with Crippen molar-refractivity contribution in [3.63, 3.8) is 0 Å². The first-order valence-electron chi connectivity index (χ1n) is 8.07. The van der Waals surface area contributed by atoms with Gasteiger partial charge in [-0.3, -0.25) is 0 Å². The molecule has 0 spiro atoms. The van der Waals surface area contributed by atoms with Crippen molar-refractivity contribution in [2.75, 3.05) is 39.6 Å². The number of rotatable bonds is 7. The number of nitrogens with two attached hydrogens (primary N) is 1. The molecule has 140 valence electrons. The predicted molar refractivity (Wildman–Crippen MR) is 94.3 cm³/mol. The highest BCUT2D eigenvalue weighted by Crippen LogP contribution is 2.30. The molecule has 9 heteroatoms. The molecule has 1 aromatic carbocycles. The number of carbonyl (C=O) groups excluding carboxylic acids is 1. The fraction of sp³-hybridized carbons (Fsp3) is 0.562. The van der Waals surface area contributed by atoms with Gasteiger partial charge in [-0.2, -0.15) is 0 Å². The standard InChI is InChI=1S/C16H25N3O5S/c1-23-14-5-3-4-13(15(14)24-2)6-8-18-16(20)19-9-7-12(10-19)11-25(17,21)22/h3-5,12H,6-11H2,1-2H3,(H,18,20)(H2,17,21,22)/t12-/m0/s1. The number of primary sulfonamides is 1. The Morgan fingerprint density at radius 2 is 2.12 bits per heavy atom. The summed E-state index contributed by atoms with van der Waals surface area (Å²) in [5, 5.41) is 7.92. The average Bonchev–Trinajstić information content (AvgIpc) is 3.00. The Labute approximate surface area is 148 Å². The minimum atomic E-state index is -3.51. The minimum absolute atomic E-state index is 0.0855. The number of sulfonamides is 1. The van der Waals surface area contributed by atoms with E-state index in [-0.39, 0.29) is 17.7 Å². The molecular formula is C16H25N3O5S. The molecule has 0 unspecified atom stereocenters. The molecule has 0 bridgehead atoms. The Hall–Kier alpha value is -2.00. The summed E-state index contributed by atoms with van der Waals surface area (Å²) in [7, 11) is -0.351. The largest absolute Gasteiger partial charge is 0.493 e. The van der Waals surface area contributed by atoms with E-state index >= 15 is 0 Å². The summed E-state index contributed by atoms with van der Waals surface area (Å²) in [4.78, 5) is 13.8. The Morgan fingerprint density at radius 3 is 2.76 bits per heavy atom. The van der Waals surface area contributed by atoms with Crippen LogP contribution in [0.2, 0.25) is 0 Å². The minimum Gasteiger partial charge on any atom is -0.493 e. The van der Waals surface area contributed by atoms with E-state index in [9.17, 15) is 13.2 Å². The molecule has 0 aromatic heterocycles. The Balaban J connectivity index is 1.84. The van der Waals surface area contributed by atoms with Gasteiger partial charge in [0.25, 0.3) is 0 Å². The van der Waals surface area contributed by atoms with Crippen LogP contribution in [0, 0.1) is 5.92 Å². The lowest BCUT2D eigenvalue weighted by molar-refractivity contribution is 0.207. The lowest BCUT2D eigenvalue weighted by Gasteiger charge is -2.18. The maximum atomic E-state index is 12.2. The topological polar surface area (TPSA) is 111 Å². The number of hydrogen-bond donors (Lipinski definition) is 2. The average molecular weight is 371 g/mol. The normalized spacial score (nSPS) is 17.4. The lowest BCUT2D eigenvalue weighted by Crippen LogP contribution is -2.39. The number of para-hydroxylation sites is 1. The molecule has 0 radical (unpaired) electrons. The fourth-order valence-electron chi connectivity index (χ4n) is 3.05. The zero-order valence-corrected chi connectivity index (χ0v) is 15.3. The molecule has 0 aliphatic carbocycles. The van der Waals surface area contributed by atoms with Gasteiger partial charge in [-0.25, -0.2) is 18.4 Å². The molecular weight excluding hydrogens is 346 g/mol. The van der Waals surface area contributed by atoms with Crippen molar-refractivity contribution in [3.05, 3.63) is 23.8 Å². The molecule has 2 rings (SSSR count). The third-order valence-electron chi connectivity index (χ3n) is 4.20. The van der Waals surface area contributed by atoms with Gasteiger partial charge in [0.05, 0.1) is 20.0 Å². The van der Waals surface area contributed by atoms with Crippen LogP contribution in [-0.4, -0.2) is 59.0 Å². The highest BCUT2D eigenvalue weighted by atomic mass is 32.2. The van der Waals surface area contributed by atoms with E-state index in [4.69, 9.17) is 14.6 Å². The molecule has 1 saturated heterocycles. The first kappa shape index (κ1) is 19.3. The van der Waals surface area contributed by atoms with E-state index in [0.717, 1.165) is 5.56 Å². The van der Waals surface area contributed by atoms with Gasteiger partial charge in [-0.1, -0.05) is 12.1 Å². The van der Waals surface area contributed by atoms with Crippen LogP contribution in [0.25, 0.3) is 0 Å². The summed E-state index contributed by atoms with van der Waals surface area (Å²) in [5.74, 6) is 1.13. The van der Waals surface area contributed by atoms with Crippen molar-refractivity contribution in [1.82, 2.24) is 10.2 Å². The molecule has 1 aliphatic rings. The Bertz CT molecular complexity index is 708. The van der Waals surface area contributed by atoms with Crippen LogP contribution < -0.4 is 19.9 Å². The molecule has 1 atom stereocenters. The predicted octanol–water partition coefficient (Wildman–Crippen LogP) is 0.566. The quantitative estimate of drug-likeness (QED) is 0.728. The highest BCUT2D eigenvalue weighted by Gasteiger charge is 2.28.